The van der Waals surface area contributed by atoms with Gasteiger partial charge in [-0.25, -0.2) is 0 Å². The molecule has 0 fully saturated rings. The second-order valence-corrected chi connectivity index (χ2v) is 5.34. The summed E-state index contributed by atoms with van der Waals surface area (Å²) in [5, 5.41) is 0.459. The number of benzene rings is 1. The first kappa shape index (κ1) is 15.2. The highest BCUT2D eigenvalue weighted by molar-refractivity contribution is 9.09. The molecule has 17 heavy (non-hydrogen) atoms. The molecule has 0 spiro atoms. The van der Waals surface area contributed by atoms with E-state index in [1.807, 2.05) is 0 Å². The zero-order valence-electron chi connectivity index (χ0n) is 7.99. The number of hydrogen-bond acceptors (Lipinski definition) is 1. The van der Waals surface area contributed by atoms with E-state index >= 15 is 0 Å². The van der Waals surface area contributed by atoms with Crippen molar-refractivity contribution in [3.63, 3.8) is 0 Å². The number of alkyl halides is 4. The largest absolute Gasteiger partial charge is 0.490 e. The van der Waals surface area contributed by atoms with Crippen LogP contribution in [-0.4, -0.2) is 17.6 Å². The molecule has 1 unspecified atom stereocenters. The van der Waals surface area contributed by atoms with Crippen LogP contribution in [0.5, 0.6) is 5.75 Å². The molecule has 1 aromatic carbocycles. The fourth-order valence-corrected chi connectivity index (χ4v) is 1.60. The smallest absolute Gasteiger partial charge is 0.404 e. The molecule has 96 valence electrons. The fraction of sp³-hybridized carbons (Fsp3) is 0.333. The first-order valence-corrected chi connectivity index (χ1v) is 6.25. The third-order valence-electron chi connectivity index (χ3n) is 1.72. The van der Waals surface area contributed by atoms with Crippen LogP contribution in [0.2, 0.25) is 15.1 Å². The molecule has 1 nitrogen and oxygen atoms in total. The summed E-state index contributed by atoms with van der Waals surface area (Å²) in [5.74, 6) is 0.0507. The Morgan fingerprint density at radius 1 is 1.12 bits per heavy atom. The SMILES string of the molecule is FC(F)(F)C(Br)COc1cc(Cl)c(Cl)cc1Cl. The van der Waals surface area contributed by atoms with Crippen molar-refractivity contribution in [3.8, 4) is 5.75 Å². The van der Waals surface area contributed by atoms with Crippen LogP contribution in [-0.2, 0) is 0 Å². The lowest BCUT2D eigenvalue weighted by molar-refractivity contribution is -0.132. The second kappa shape index (κ2) is 5.87. The van der Waals surface area contributed by atoms with Gasteiger partial charge < -0.3 is 4.74 Å². The minimum absolute atomic E-state index is 0.0507. The van der Waals surface area contributed by atoms with Gasteiger partial charge in [0, 0.05) is 6.07 Å². The van der Waals surface area contributed by atoms with E-state index in [4.69, 9.17) is 39.5 Å². The van der Waals surface area contributed by atoms with Crippen LogP contribution in [0.1, 0.15) is 0 Å². The molecule has 1 atom stereocenters. The Hall–Kier alpha value is 0.160. The molecular formula is C9H5BrCl3F3O. The third kappa shape index (κ3) is 4.39. The normalized spacial score (nSPS) is 13.6. The van der Waals surface area contributed by atoms with Gasteiger partial charge in [0.2, 0.25) is 0 Å². The Bertz CT molecular complexity index is 411. The molecule has 0 N–H and O–H groups in total. The number of halogens is 7. The van der Waals surface area contributed by atoms with E-state index in [1.54, 1.807) is 0 Å². The van der Waals surface area contributed by atoms with E-state index < -0.39 is 17.6 Å². The fourth-order valence-electron chi connectivity index (χ4n) is 0.872. The second-order valence-electron chi connectivity index (χ2n) is 3.02. The Morgan fingerprint density at radius 2 is 1.65 bits per heavy atom. The highest BCUT2D eigenvalue weighted by Gasteiger charge is 2.38. The molecule has 0 aromatic heterocycles. The van der Waals surface area contributed by atoms with Crippen LogP contribution in [0.25, 0.3) is 0 Å². The van der Waals surface area contributed by atoms with Crippen LogP contribution in [0.4, 0.5) is 13.2 Å². The molecule has 0 radical (unpaired) electrons. The van der Waals surface area contributed by atoms with Crippen molar-refractivity contribution in [1.82, 2.24) is 0 Å². The van der Waals surface area contributed by atoms with E-state index in [-0.39, 0.29) is 20.8 Å². The van der Waals surface area contributed by atoms with Crippen molar-refractivity contribution < 1.29 is 17.9 Å². The average molecular weight is 372 g/mol. The summed E-state index contributed by atoms with van der Waals surface area (Å²) >= 11 is 19.5. The maximum atomic E-state index is 12.2. The first-order valence-electron chi connectivity index (χ1n) is 4.20. The van der Waals surface area contributed by atoms with Crippen molar-refractivity contribution in [2.45, 2.75) is 11.0 Å². The van der Waals surface area contributed by atoms with Crippen LogP contribution in [0.15, 0.2) is 12.1 Å². The molecular weight excluding hydrogens is 367 g/mol. The molecule has 0 saturated heterocycles. The van der Waals surface area contributed by atoms with Crippen LogP contribution >= 0.6 is 50.7 Å². The van der Waals surface area contributed by atoms with Crippen molar-refractivity contribution in [3.05, 3.63) is 27.2 Å². The van der Waals surface area contributed by atoms with E-state index in [0.717, 1.165) is 0 Å². The Kier molecular flexibility index (Phi) is 5.25. The maximum Gasteiger partial charge on any atom is 0.404 e. The van der Waals surface area contributed by atoms with Gasteiger partial charge in [-0.05, 0) is 6.07 Å². The highest BCUT2D eigenvalue weighted by atomic mass is 79.9. The van der Waals surface area contributed by atoms with Crippen molar-refractivity contribution >= 4 is 50.7 Å². The van der Waals surface area contributed by atoms with Crippen molar-refractivity contribution in [1.29, 1.82) is 0 Å². The lowest BCUT2D eigenvalue weighted by Crippen LogP contribution is -2.28. The van der Waals surface area contributed by atoms with Gasteiger partial charge >= 0.3 is 6.18 Å². The van der Waals surface area contributed by atoms with Gasteiger partial charge in [0.1, 0.15) is 17.2 Å². The number of ether oxygens (including phenoxy) is 1. The lowest BCUT2D eigenvalue weighted by atomic mass is 10.3. The summed E-state index contributed by atoms with van der Waals surface area (Å²) in [6.07, 6.45) is -4.39. The predicted octanol–water partition coefficient (Wildman–Crippen LogP) is 5.35. The van der Waals surface area contributed by atoms with Gasteiger partial charge in [0.05, 0.1) is 15.1 Å². The van der Waals surface area contributed by atoms with Gasteiger partial charge in [0.25, 0.3) is 0 Å². The number of rotatable bonds is 3. The Labute approximate surface area is 119 Å². The zero-order chi connectivity index (χ0) is 13.2. The van der Waals surface area contributed by atoms with Gasteiger partial charge in [-0.2, -0.15) is 13.2 Å². The molecule has 8 heteroatoms. The Morgan fingerprint density at radius 3 is 2.18 bits per heavy atom. The van der Waals surface area contributed by atoms with Crippen LogP contribution in [0, 0.1) is 0 Å². The van der Waals surface area contributed by atoms with E-state index in [9.17, 15) is 13.2 Å². The van der Waals surface area contributed by atoms with Crippen molar-refractivity contribution in [2.75, 3.05) is 6.61 Å². The zero-order valence-corrected chi connectivity index (χ0v) is 11.8. The third-order valence-corrected chi connectivity index (χ3v) is 3.52. The topological polar surface area (TPSA) is 9.23 Å². The summed E-state index contributed by atoms with van der Waals surface area (Å²) in [6.45, 7) is -0.610. The predicted molar refractivity (Wildman–Crippen MR) is 65.7 cm³/mol. The van der Waals surface area contributed by atoms with Crippen LogP contribution in [0.3, 0.4) is 0 Å². The summed E-state index contributed by atoms with van der Waals surface area (Å²) < 4.78 is 41.5. The van der Waals surface area contributed by atoms with E-state index in [0.29, 0.717) is 0 Å². The summed E-state index contributed by atoms with van der Waals surface area (Å²) in [4.78, 5) is -1.78. The van der Waals surface area contributed by atoms with Crippen molar-refractivity contribution in [2.24, 2.45) is 0 Å². The number of hydrogen-bond donors (Lipinski definition) is 0. The van der Waals surface area contributed by atoms with Gasteiger partial charge in [0.15, 0.2) is 0 Å². The minimum atomic E-state index is -4.39. The summed E-state index contributed by atoms with van der Waals surface area (Å²) in [7, 11) is 0. The molecule has 0 amide bonds. The standard InChI is InChI=1S/C9H5BrCl3F3O/c10-8(9(14,15)16)3-17-7-2-5(12)4(11)1-6(7)13/h1-2,8H,3H2. The van der Waals surface area contributed by atoms with Gasteiger partial charge in [-0.3, -0.25) is 0 Å². The monoisotopic (exact) mass is 370 g/mol. The molecule has 0 aliphatic heterocycles. The minimum Gasteiger partial charge on any atom is -0.490 e. The first-order chi connectivity index (χ1) is 7.71. The van der Waals surface area contributed by atoms with E-state index in [2.05, 4.69) is 15.9 Å². The molecule has 0 heterocycles. The van der Waals surface area contributed by atoms with Crippen LogP contribution < -0.4 is 4.74 Å². The Balaban J connectivity index is 2.73. The molecule has 0 aliphatic carbocycles. The summed E-state index contributed by atoms with van der Waals surface area (Å²) in [5.41, 5.74) is 0. The molecule has 0 saturated carbocycles. The molecule has 0 aliphatic rings. The van der Waals surface area contributed by atoms with E-state index in [1.165, 1.54) is 12.1 Å². The average Bonchev–Trinajstić information content (AvgIpc) is 2.19. The molecule has 1 rings (SSSR count). The quantitative estimate of drug-likeness (QED) is 0.513. The van der Waals surface area contributed by atoms with Gasteiger partial charge in [-0.1, -0.05) is 50.7 Å². The highest BCUT2D eigenvalue weighted by Crippen LogP contribution is 2.35. The van der Waals surface area contributed by atoms with Gasteiger partial charge in [-0.15, -0.1) is 0 Å². The summed E-state index contributed by atoms with van der Waals surface area (Å²) in [6, 6.07) is 2.57. The molecule has 1 aromatic rings. The maximum absolute atomic E-state index is 12.2. The lowest BCUT2D eigenvalue weighted by Gasteiger charge is -2.15. The molecule has 0 bridgehead atoms.